The maximum atomic E-state index is 10.8. The van der Waals surface area contributed by atoms with Gasteiger partial charge in [0.05, 0.1) is 13.0 Å². The van der Waals surface area contributed by atoms with Crippen LogP contribution in [0.4, 0.5) is 0 Å². The molecule has 2 fully saturated rings. The molecule has 2 saturated heterocycles. The molecule has 2 aliphatic heterocycles. The van der Waals surface area contributed by atoms with Crippen molar-refractivity contribution in [3.63, 3.8) is 0 Å². The zero-order chi connectivity index (χ0) is 11.5. The monoisotopic (exact) mass is 227 g/mol. The van der Waals surface area contributed by atoms with Crippen molar-refractivity contribution in [2.24, 2.45) is 5.92 Å². The summed E-state index contributed by atoms with van der Waals surface area (Å²) in [5.41, 5.74) is 0. The predicted molar refractivity (Wildman–Crippen MR) is 60.4 cm³/mol. The first-order chi connectivity index (χ1) is 7.68. The molecule has 3 atom stereocenters. The summed E-state index contributed by atoms with van der Waals surface area (Å²) in [5, 5.41) is 8.89. The molecule has 3 unspecified atom stereocenters. The fraction of sp³-hybridized carbons (Fsp3) is 0.917. The zero-order valence-electron chi connectivity index (χ0n) is 9.89. The van der Waals surface area contributed by atoms with E-state index in [2.05, 4.69) is 11.8 Å². The van der Waals surface area contributed by atoms with Gasteiger partial charge in [0.25, 0.3) is 0 Å². The minimum Gasteiger partial charge on any atom is -0.481 e. The molecule has 0 aromatic carbocycles. The van der Waals surface area contributed by atoms with Crippen molar-refractivity contribution < 1.29 is 14.6 Å². The molecule has 4 heteroatoms. The van der Waals surface area contributed by atoms with E-state index >= 15 is 0 Å². The van der Waals surface area contributed by atoms with Gasteiger partial charge in [-0.3, -0.25) is 9.69 Å². The van der Waals surface area contributed by atoms with Crippen LogP contribution in [0.25, 0.3) is 0 Å². The lowest BCUT2D eigenvalue weighted by molar-refractivity contribution is -0.138. The number of carboxylic acids is 1. The summed E-state index contributed by atoms with van der Waals surface area (Å²) in [6.07, 6.45) is 3.58. The molecular formula is C12H21NO3. The summed E-state index contributed by atoms with van der Waals surface area (Å²) in [4.78, 5) is 13.2. The molecule has 0 amide bonds. The zero-order valence-corrected chi connectivity index (χ0v) is 9.89. The van der Waals surface area contributed by atoms with Gasteiger partial charge in [-0.25, -0.2) is 0 Å². The van der Waals surface area contributed by atoms with Gasteiger partial charge in [-0.15, -0.1) is 0 Å². The van der Waals surface area contributed by atoms with Crippen molar-refractivity contribution >= 4 is 5.97 Å². The van der Waals surface area contributed by atoms with Gasteiger partial charge in [-0.05, 0) is 38.6 Å². The van der Waals surface area contributed by atoms with Gasteiger partial charge in [-0.1, -0.05) is 0 Å². The Morgan fingerprint density at radius 3 is 3.00 bits per heavy atom. The number of aliphatic carboxylic acids is 1. The van der Waals surface area contributed by atoms with Crippen LogP contribution in [0.5, 0.6) is 0 Å². The highest BCUT2D eigenvalue weighted by molar-refractivity contribution is 5.67. The van der Waals surface area contributed by atoms with Crippen LogP contribution in [-0.4, -0.2) is 47.8 Å². The first-order valence-corrected chi connectivity index (χ1v) is 6.23. The van der Waals surface area contributed by atoms with Crippen molar-refractivity contribution in [2.75, 3.05) is 19.8 Å². The van der Waals surface area contributed by atoms with Gasteiger partial charge in [0.1, 0.15) is 0 Å². The molecule has 92 valence electrons. The molecule has 4 nitrogen and oxygen atoms in total. The second-order valence-electron chi connectivity index (χ2n) is 5.00. The minimum atomic E-state index is -0.674. The van der Waals surface area contributed by atoms with Gasteiger partial charge in [0.15, 0.2) is 0 Å². The van der Waals surface area contributed by atoms with E-state index in [9.17, 15) is 4.79 Å². The third-order valence-corrected chi connectivity index (χ3v) is 4.00. The van der Waals surface area contributed by atoms with Crippen LogP contribution < -0.4 is 0 Å². The number of likely N-dealkylation sites (tertiary alicyclic amines) is 1. The highest BCUT2D eigenvalue weighted by Crippen LogP contribution is 2.29. The average Bonchev–Trinajstić information content (AvgIpc) is 2.84. The highest BCUT2D eigenvalue weighted by Gasteiger charge is 2.34. The van der Waals surface area contributed by atoms with Crippen LogP contribution in [0.1, 0.15) is 32.6 Å². The first kappa shape index (κ1) is 11.9. The Hall–Kier alpha value is -0.610. The van der Waals surface area contributed by atoms with Crippen molar-refractivity contribution in [3.05, 3.63) is 0 Å². The molecule has 0 aromatic rings. The molecule has 2 heterocycles. The van der Waals surface area contributed by atoms with Gasteiger partial charge < -0.3 is 9.84 Å². The lowest BCUT2D eigenvalue weighted by Crippen LogP contribution is -2.42. The lowest BCUT2D eigenvalue weighted by Gasteiger charge is -2.33. The van der Waals surface area contributed by atoms with Crippen LogP contribution in [0.15, 0.2) is 0 Å². The van der Waals surface area contributed by atoms with Gasteiger partial charge >= 0.3 is 5.97 Å². The standard InChI is InChI=1S/C12H21NO3/c1-9(10-4-6-16-8-10)13-5-2-3-11(13)7-12(14)15/h9-11H,2-8H2,1H3,(H,14,15). The van der Waals surface area contributed by atoms with E-state index in [0.717, 1.165) is 39.0 Å². The largest absolute Gasteiger partial charge is 0.481 e. The SMILES string of the molecule is CC(C1CCOC1)N1CCCC1CC(=O)O. The normalized spacial score (nSPS) is 33.1. The van der Waals surface area contributed by atoms with E-state index in [1.165, 1.54) is 0 Å². The number of carboxylic acid groups (broad SMARTS) is 1. The number of carbonyl (C=O) groups is 1. The molecule has 0 saturated carbocycles. The molecule has 2 aliphatic rings. The number of rotatable bonds is 4. The Bertz CT molecular complexity index is 251. The first-order valence-electron chi connectivity index (χ1n) is 6.23. The summed E-state index contributed by atoms with van der Waals surface area (Å²) < 4.78 is 5.41. The molecule has 0 bridgehead atoms. The van der Waals surface area contributed by atoms with Crippen molar-refractivity contribution in [2.45, 2.75) is 44.7 Å². The summed E-state index contributed by atoms with van der Waals surface area (Å²) >= 11 is 0. The number of hydrogen-bond acceptors (Lipinski definition) is 3. The van der Waals surface area contributed by atoms with E-state index < -0.39 is 5.97 Å². The van der Waals surface area contributed by atoms with E-state index in [4.69, 9.17) is 9.84 Å². The Morgan fingerprint density at radius 2 is 2.38 bits per heavy atom. The Kier molecular flexibility index (Phi) is 3.82. The molecule has 0 aliphatic carbocycles. The Balaban J connectivity index is 1.93. The molecule has 1 N–H and O–H groups in total. The lowest BCUT2D eigenvalue weighted by atomic mass is 9.98. The third kappa shape index (κ3) is 2.55. The van der Waals surface area contributed by atoms with E-state index in [0.29, 0.717) is 12.0 Å². The van der Waals surface area contributed by atoms with Crippen LogP contribution in [-0.2, 0) is 9.53 Å². The van der Waals surface area contributed by atoms with Gasteiger partial charge in [0.2, 0.25) is 0 Å². The maximum absolute atomic E-state index is 10.8. The average molecular weight is 227 g/mol. The smallest absolute Gasteiger partial charge is 0.304 e. The topological polar surface area (TPSA) is 49.8 Å². The highest BCUT2D eigenvalue weighted by atomic mass is 16.5. The number of ether oxygens (including phenoxy) is 1. The third-order valence-electron chi connectivity index (χ3n) is 4.00. The minimum absolute atomic E-state index is 0.244. The molecule has 0 aromatic heterocycles. The van der Waals surface area contributed by atoms with Crippen molar-refractivity contribution in [3.8, 4) is 0 Å². The van der Waals surface area contributed by atoms with Crippen LogP contribution in [0.3, 0.4) is 0 Å². The van der Waals surface area contributed by atoms with Gasteiger partial charge in [0, 0.05) is 18.7 Å². The molecule has 0 radical (unpaired) electrons. The maximum Gasteiger partial charge on any atom is 0.304 e. The fourth-order valence-corrected chi connectivity index (χ4v) is 3.02. The second kappa shape index (κ2) is 5.15. The summed E-state index contributed by atoms with van der Waals surface area (Å²) in [6, 6.07) is 0.711. The van der Waals surface area contributed by atoms with Crippen molar-refractivity contribution in [1.82, 2.24) is 4.90 Å². The number of nitrogens with zero attached hydrogens (tertiary/aromatic N) is 1. The van der Waals surface area contributed by atoms with E-state index in [1.54, 1.807) is 0 Å². The predicted octanol–water partition coefficient (Wildman–Crippen LogP) is 1.35. The van der Waals surface area contributed by atoms with Gasteiger partial charge in [-0.2, -0.15) is 0 Å². The molecule has 2 rings (SSSR count). The molecular weight excluding hydrogens is 206 g/mol. The second-order valence-corrected chi connectivity index (χ2v) is 5.00. The number of hydrogen-bond donors (Lipinski definition) is 1. The molecule has 0 spiro atoms. The summed E-state index contributed by atoms with van der Waals surface area (Å²) in [7, 11) is 0. The quantitative estimate of drug-likeness (QED) is 0.787. The molecule has 16 heavy (non-hydrogen) atoms. The Morgan fingerprint density at radius 1 is 1.56 bits per heavy atom. The van der Waals surface area contributed by atoms with Crippen LogP contribution >= 0.6 is 0 Å². The van der Waals surface area contributed by atoms with E-state index in [1.807, 2.05) is 0 Å². The van der Waals surface area contributed by atoms with E-state index in [-0.39, 0.29) is 12.5 Å². The van der Waals surface area contributed by atoms with Crippen molar-refractivity contribution in [1.29, 1.82) is 0 Å². The van der Waals surface area contributed by atoms with Crippen LogP contribution in [0, 0.1) is 5.92 Å². The summed E-state index contributed by atoms with van der Waals surface area (Å²) in [5.74, 6) is -0.0823. The summed E-state index contributed by atoms with van der Waals surface area (Å²) in [6.45, 7) is 4.99. The Labute approximate surface area is 96.6 Å². The van der Waals surface area contributed by atoms with Crippen LogP contribution in [0.2, 0.25) is 0 Å². The fourth-order valence-electron chi connectivity index (χ4n) is 3.02.